The summed E-state index contributed by atoms with van der Waals surface area (Å²) in [5.41, 5.74) is 0.735. The number of carbonyl (C=O) groups is 1. The highest BCUT2D eigenvalue weighted by molar-refractivity contribution is 6.30. The molecule has 4 rings (SSSR count). The number of rotatable bonds is 4. The first-order chi connectivity index (χ1) is 11.7. The lowest BCUT2D eigenvalue weighted by Crippen LogP contribution is -2.45. The van der Waals surface area contributed by atoms with Gasteiger partial charge in [-0.1, -0.05) is 23.7 Å². The van der Waals surface area contributed by atoms with Gasteiger partial charge in [0, 0.05) is 24.7 Å². The Bertz CT molecular complexity index is 726. The van der Waals surface area contributed by atoms with E-state index in [0.717, 1.165) is 50.9 Å². The Labute approximate surface area is 146 Å². The van der Waals surface area contributed by atoms with Crippen molar-refractivity contribution in [2.24, 2.45) is 5.92 Å². The van der Waals surface area contributed by atoms with Gasteiger partial charge >= 0.3 is 0 Å². The molecule has 1 saturated heterocycles. The monoisotopic (exact) mass is 344 g/mol. The van der Waals surface area contributed by atoms with Crippen LogP contribution in [0.5, 0.6) is 0 Å². The number of hydrogen-bond donors (Lipinski definition) is 0. The lowest BCUT2D eigenvalue weighted by molar-refractivity contribution is -0.136. The van der Waals surface area contributed by atoms with Crippen LogP contribution in [0.2, 0.25) is 5.02 Å². The van der Waals surface area contributed by atoms with Gasteiger partial charge in [-0.25, -0.2) is 4.98 Å². The van der Waals surface area contributed by atoms with E-state index in [1.165, 1.54) is 0 Å². The molecule has 1 aromatic carbocycles. The van der Waals surface area contributed by atoms with E-state index in [9.17, 15) is 4.79 Å². The van der Waals surface area contributed by atoms with Gasteiger partial charge in [0.1, 0.15) is 12.7 Å². The summed E-state index contributed by atoms with van der Waals surface area (Å²) in [5.74, 6) is 0.715. The second-order valence-electron chi connectivity index (χ2n) is 6.97. The fraction of sp³-hybridized carbons (Fsp3) is 0.500. The standard InChI is InChI=1S/C18H21ClN4O/c19-16-5-1-4-15(9-16)18(6-7-18)17(24)22-8-2-3-14(10-22)11-23-13-20-12-21-23/h1,4-5,9,12-14H,2-3,6-8,10-11H2. The third-order valence-corrected chi connectivity index (χ3v) is 5.49. The van der Waals surface area contributed by atoms with Crippen LogP contribution in [-0.2, 0) is 16.8 Å². The first-order valence-corrected chi connectivity index (χ1v) is 8.93. The van der Waals surface area contributed by atoms with E-state index in [2.05, 4.69) is 15.0 Å². The highest BCUT2D eigenvalue weighted by Crippen LogP contribution is 2.50. The SMILES string of the molecule is O=C(N1CCCC(Cn2cncn2)C1)C1(c2cccc(Cl)c2)CC1. The summed E-state index contributed by atoms with van der Waals surface area (Å²) in [6.07, 6.45) is 7.34. The Morgan fingerprint density at radius 3 is 2.96 bits per heavy atom. The molecule has 1 saturated carbocycles. The molecule has 2 aromatic rings. The van der Waals surface area contributed by atoms with E-state index >= 15 is 0 Å². The van der Waals surface area contributed by atoms with Crippen molar-refractivity contribution in [2.75, 3.05) is 13.1 Å². The van der Waals surface area contributed by atoms with Crippen LogP contribution in [-0.4, -0.2) is 38.7 Å². The molecule has 24 heavy (non-hydrogen) atoms. The van der Waals surface area contributed by atoms with E-state index in [1.807, 2.05) is 28.9 Å². The van der Waals surface area contributed by atoms with Crippen LogP contribution < -0.4 is 0 Å². The molecule has 2 heterocycles. The number of halogens is 1. The second kappa shape index (κ2) is 6.20. The minimum Gasteiger partial charge on any atom is -0.342 e. The lowest BCUT2D eigenvalue weighted by Gasteiger charge is -2.35. The molecule has 126 valence electrons. The van der Waals surface area contributed by atoms with Crippen molar-refractivity contribution in [3.8, 4) is 0 Å². The van der Waals surface area contributed by atoms with Crippen molar-refractivity contribution in [2.45, 2.75) is 37.6 Å². The zero-order valence-corrected chi connectivity index (χ0v) is 14.3. The molecule has 0 bridgehead atoms. The van der Waals surface area contributed by atoms with Gasteiger partial charge in [0.05, 0.1) is 5.41 Å². The predicted molar refractivity (Wildman–Crippen MR) is 91.7 cm³/mol. The molecule has 2 fully saturated rings. The summed E-state index contributed by atoms with van der Waals surface area (Å²) in [4.78, 5) is 19.2. The Morgan fingerprint density at radius 1 is 1.38 bits per heavy atom. The first kappa shape index (κ1) is 15.6. The van der Waals surface area contributed by atoms with E-state index in [4.69, 9.17) is 11.6 Å². The predicted octanol–water partition coefficient (Wildman–Crippen LogP) is 2.90. The number of piperidine rings is 1. The molecule has 1 amide bonds. The Kier molecular flexibility index (Phi) is 4.04. The quantitative estimate of drug-likeness (QED) is 0.857. The maximum Gasteiger partial charge on any atom is 0.233 e. The zero-order chi connectivity index (χ0) is 16.6. The Hall–Kier alpha value is -1.88. The highest BCUT2D eigenvalue weighted by atomic mass is 35.5. The van der Waals surface area contributed by atoms with Crippen LogP contribution in [0, 0.1) is 5.92 Å². The molecule has 1 aromatic heterocycles. The number of likely N-dealkylation sites (tertiary alicyclic amines) is 1. The van der Waals surface area contributed by atoms with Crippen LogP contribution in [0.4, 0.5) is 0 Å². The van der Waals surface area contributed by atoms with Crippen LogP contribution in [0.1, 0.15) is 31.2 Å². The smallest absolute Gasteiger partial charge is 0.233 e. The second-order valence-corrected chi connectivity index (χ2v) is 7.41. The molecular weight excluding hydrogens is 324 g/mol. The van der Waals surface area contributed by atoms with E-state index < -0.39 is 0 Å². The van der Waals surface area contributed by atoms with Crippen molar-refractivity contribution in [1.82, 2.24) is 19.7 Å². The van der Waals surface area contributed by atoms with E-state index in [-0.39, 0.29) is 11.3 Å². The van der Waals surface area contributed by atoms with Crippen LogP contribution in [0.15, 0.2) is 36.9 Å². The summed E-state index contributed by atoms with van der Waals surface area (Å²) >= 11 is 6.13. The fourth-order valence-corrected chi connectivity index (χ4v) is 4.02. The van der Waals surface area contributed by atoms with Gasteiger partial charge in [0.25, 0.3) is 0 Å². The molecule has 1 aliphatic heterocycles. The van der Waals surface area contributed by atoms with Gasteiger partial charge in [-0.2, -0.15) is 5.10 Å². The number of nitrogens with zero attached hydrogens (tertiary/aromatic N) is 4. The summed E-state index contributed by atoms with van der Waals surface area (Å²) in [5, 5.41) is 4.89. The highest BCUT2D eigenvalue weighted by Gasteiger charge is 2.53. The minimum atomic E-state index is -0.333. The van der Waals surface area contributed by atoms with Crippen molar-refractivity contribution in [3.05, 3.63) is 47.5 Å². The molecule has 1 atom stereocenters. The number of hydrogen-bond acceptors (Lipinski definition) is 3. The molecular formula is C18H21ClN4O. The number of benzene rings is 1. The molecule has 1 aliphatic carbocycles. The summed E-state index contributed by atoms with van der Waals surface area (Å²) in [6.45, 7) is 2.49. The summed E-state index contributed by atoms with van der Waals surface area (Å²) in [6, 6.07) is 7.78. The van der Waals surface area contributed by atoms with Gasteiger partial charge in [0.15, 0.2) is 0 Å². The summed E-state index contributed by atoms with van der Waals surface area (Å²) < 4.78 is 1.86. The molecule has 5 nitrogen and oxygen atoms in total. The average Bonchev–Trinajstić information content (AvgIpc) is 3.26. The molecule has 0 spiro atoms. The summed E-state index contributed by atoms with van der Waals surface area (Å²) in [7, 11) is 0. The van der Waals surface area contributed by atoms with Crippen LogP contribution in [0.25, 0.3) is 0 Å². The molecule has 2 aliphatic rings. The third kappa shape index (κ3) is 2.93. The zero-order valence-electron chi connectivity index (χ0n) is 13.6. The van der Waals surface area contributed by atoms with Gasteiger partial charge in [-0.3, -0.25) is 9.48 Å². The third-order valence-electron chi connectivity index (χ3n) is 5.25. The molecule has 1 unspecified atom stereocenters. The van der Waals surface area contributed by atoms with E-state index in [0.29, 0.717) is 10.9 Å². The largest absolute Gasteiger partial charge is 0.342 e. The lowest BCUT2D eigenvalue weighted by atomic mass is 9.91. The van der Waals surface area contributed by atoms with Crippen molar-refractivity contribution >= 4 is 17.5 Å². The number of amides is 1. The van der Waals surface area contributed by atoms with Crippen molar-refractivity contribution in [3.63, 3.8) is 0 Å². The van der Waals surface area contributed by atoms with Crippen LogP contribution in [0.3, 0.4) is 0 Å². The fourth-order valence-electron chi connectivity index (χ4n) is 3.83. The number of carbonyl (C=O) groups excluding carboxylic acids is 1. The Morgan fingerprint density at radius 2 is 2.25 bits per heavy atom. The van der Waals surface area contributed by atoms with Gasteiger partial charge < -0.3 is 4.90 Å². The molecule has 0 N–H and O–H groups in total. The Balaban J connectivity index is 1.48. The average molecular weight is 345 g/mol. The van der Waals surface area contributed by atoms with Gasteiger partial charge in [-0.15, -0.1) is 0 Å². The van der Waals surface area contributed by atoms with Gasteiger partial charge in [0.2, 0.25) is 5.91 Å². The molecule has 6 heteroatoms. The maximum atomic E-state index is 13.2. The van der Waals surface area contributed by atoms with E-state index in [1.54, 1.807) is 12.7 Å². The van der Waals surface area contributed by atoms with Gasteiger partial charge in [-0.05, 0) is 49.3 Å². The first-order valence-electron chi connectivity index (χ1n) is 8.55. The molecule has 0 radical (unpaired) electrons. The minimum absolute atomic E-state index is 0.271. The maximum absolute atomic E-state index is 13.2. The van der Waals surface area contributed by atoms with Crippen molar-refractivity contribution in [1.29, 1.82) is 0 Å². The van der Waals surface area contributed by atoms with Crippen LogP contribution >= 0.6 is 11.6 Å². The van der Waals surface area contributed by atoms with Crippen molar-refractivity contribution < 1.29 is 4.79 Å². The normalized spacial score (nSPS) is 22.4. The number of aromatic nitrogens is 3. The topological polar surface area (TPSA) is 51.0 Å².